The molecule has 21 heavy (non-hydrogen) atoms. The van der Waals surface area contributed by atoms with Gasteiger partial charge in [0.1, 0.15) is 0 Å². The van der Waals surface area contributed by atoms with Gasteiger partial charge in [0.2, 0.25) is 0 Å². The number of para-hydroxylation sites is 1. The normalized spacial score (nSPS) is 14.1. The molecule has 1 aromatic carbocycles. The van der Waals surface area contributed by atoms with Crippen molar-refractivity contribution in [2.75, 3.05) is 7.05 Å². The van der Waals surface area contributed by atoms with Gasteiger partial charge in [-0.2, -0.15) is 13.2 Å². The van der Waals surface area contributed by atoms with Crippen LogP contribution in [0.15, 0.2) is 24.3 Å². The largest absolute Gasteiger partial charge is 0.418 e. The standard InChI is InChI=1S/C16H21F3N2/c1-10(2)21-13(8-11(3)20-4)9-12-6-5-7-14(15(12)21)16(17,18)19/h5-7,9-11,20H,8H2,1-4H3. The Bertz CT molecular complexity index is 626. The third kappa shape index (κ3) is 3.07. The Morgan fingerprint density at radius 2 is 1.86 bits per heavy atom. The molecular formula is C16H21F3N2. The van der Waals surface area contributed by atoms with E-state index in [9.17, 15) is 13.2 Å². The van der Waals surface area contributed by atoms with Crippen molar-refractivity contribution in [2.45, 2.75) is 45.5 Å². The van der Waals surface area contributed by atoms with Crippen molar-refractivity contribution >= 4 is 10.9 Å². The first kappa shape index (κ1) is 15.9. The van der Waals surface area contributed by atoms with Gasteiger partial charge >= 0.3 is 6.18 Å². The molecule has 0 spiro atoms. The van der Waals surface area contributed by atoms with Crippen molar-refractivity contribution in [1.29, 1.82) is 0 Å². The third-order valence-electron chi connectivity index (χ3n) is 3.77. The summed E-state index contributed by atoms with van der Waals surface area (Å²) in [5.74, 6) is 0. The van der Waals surface area contributed by atoms with Crippen LogP contribution in [0.4, 0.5) is 13.2 Å². The van der Waals surface area contributed by atoms with Crippen molar-refractivity contribution in [3.8, 4) is 0 Å². The molecule has 1 aromatic heterocycles. The number of halogens is 3. The molecule has 1 heterocycles. The van der Waals surface area contributed by atoms with E-state index < -0.39 is 11.7 Å². The van der Waals surface area contributed by atoms with Crippen LogP contribution in [-0.2, 0) is 12.6 Å². The zero-order valence-corrected chi connectivity index (χ0v) is 12.8. The van der Waals surface area contributed by atoms with Crippen LogP contribution >= 0.6 is 0 Å². The van der Waals surface area contributed by atoms with E-state index in [2.05, 4.69) is 5.32 Å². The minimum atomic E-state index is -4.34. The van der Waals surface area contributed by atoms with Crippen LogP contribution < -0.4 is 5.32 Å². The molecule has 2 aromatic rings. The van der Waals surface area contributed by atoms with E-state index in [1.165, 1.54) is 6.07 Å². The van der Waals surface area contributed by atoms with Gasteiger partial charge in [-0.05, 0) is 40.0 Å². The summed E-state index contributed by atoms with van der Waals surface area (Å²) < 4.78 is 41.6. The lowest BCUT2D eigenvalue weighted by molar-refractivity contribution is -0.136. The van der Waals surface area contributed by atoms with E-state index in [0.29, 0.717) is 17.3 Å². The minimum Gasteiger partial charge on any atom is -0.342 e. The van der Waals surface area contributed by atoms with Gasteiger partial charge in [0, 0.05) is 29.6 Å². The molecule has 2 rings (SSSR count). The Labute approximate surface area is 122 Å². The molecule has 0 bridgehead atoms. The summed E-state index contributed by atoms with van der Waals surface area (Å²) >= 11 is 0. The Morgan fingerprint density at radius 1 is 1.19 bits per heavy atom. The van der Waals surface area contributed by atoms with Gasteiger partial charge in [0.05, 0.1) is 11.1 Å². The summed E-state index contributed by atoms with van der Waals surface area (Å²) in [6, 6.07) is 6.44. The highest BCUT2D eigenvalue weighted by atomic mass is 19.4. The highest BCUT2D eigenvalue weighted by Gasteiger charge is 2.34. The zero-order chi connectivity index (χ0) is 15.8. The lowest BCUT2D eigenvalue weighted by Crippen LogP contribution is -2.25. The van der Waals surface area contributed by atoms with Gasteiger partial charge in [-0.15, -0.1) is 0 Å². The van der Waals surface area contributed by atoms with Crippen LogP contribution in [-0.4, -0.2) is 17.7 Å². The van der Waals surface area contributed by atoms with Gasteiger partial charge in [-0.1, -0.05) is 12.1 Å². The Morgan fingerprint density at radius 3 is 2.38 bits per heavy atom. The zero-order valence-electron chi connectivity index (χ0n) is 12.8. The number of fused-ring (bicyclic) bond motifs is 1. The average molecular weight is 298 g/mol. The van der Waals surface area contributed by atoms with Gasteiger partial charge in [-0.3, -0.25) is 0 Å². The molecule has 0 fully saturated rings. The summed E-state index contributed by atoms with van der Waals surface area (Å²) in [5.41, 5.74) is 0.661. The lowest BCUT2D eigenvalue weighted by atomic mass is 10.1. The molecular weight excluding hydrogens is 277 g/mol. The number of rotatable bonds is 4. The Kier molecular flexibility index (Phi) is 4.33. The molecule has 1 atom stereocenters. The fraction of sp³-hybridized carbons (Fsp3) is 0.500. The molecule has 0 aliphatic heterocycles. The maximum absolute atomic E-state index is 13.3. The van der Waals surface area contributed by atoms with E-state index in [-0.39, 0.29) is 12.1 Å². The second-order valence-corrected chi connectivity index (χ2v) is 5.73. The van der Waals surface area contributed by atoms with E-state index >= 15 is 0 Å². The molecule has 1 unspecified atom stereocenters. The number of hydrogen-bond acceptors (Lipinski definition) is 1. The first-order chi connectivity index (χ1) is 9.75. The maximum Gasteiger partial charge on any atom is 0.418 e. The maximum atomic E-state index is 13.3. The molecule has 116 valence electrons. The van der Waals surface area contributed by atoms with Crippen LogP contribution in [0.3, 0.4) is 0 Å². The van der Waals surface area contributed by atoms with Gasteiger partial charge < -0.3 is 9.88 Å². The van der Waals surface area contributed by atoms with Crippen molar-refractivity contribution in [1.82, 2.24) is 9.88 Å². The SMILES string of the molecule is CNC(C)Cc1cc2cccc(C(F)(F)F)c2n1C(C)C. The topological polar surface area (TPSA) is 17.0 Å². The number of likely N-dealkylation sites (N-methyl/N-ethyl adjacent to an activating group) is 1. The molecule has 5 heteroatoms. The van der Waals surface area contributed by atoms with Crippen LogP contribution in [0.25, 0.3) is 10.9 Å². The summed E-state index contributed by atoms with van der Waals surface area (Å²) in [6.07, 6.45) is -3.64. The molecule has 0 aliphatic carbocycles. The van der Waals surface area contributed by atoms with Crippen molar-refractivity contribution in [2.24, 2.45) is 0 Å². The fourth-order valence-corrected chi connectivity index (χ4v) is 2.73. The predicted molar refractivity (Wildman–Crippen MR) is 79.6 cm³/mol. The lowest BCUT2D eigenvalue weighted by Gasteiger charge is -2.19. The van der Waals surface area contributed by atoms with Gasteiger partial charge in [0.25, 0.3) is 0 Å². The van der Waals surface area contributed by atoms with Crippen molar-refractivity contribution in [3.05, 3.63) is 35.5 Å². The summed E-state index contributed by atoms with van der Waals surface area (Å²) in [5, 5.41) is 3.78. The van der Waals surface area contributed by atoms with Gasteiger partial charge in [0.15, 0.2) is 0 Å². The Balaban J connectivity index is 2.70. The summed E-state index contributed by atoms with van der Waals surface area (Å²) in [6.45, 7) is 5.85. The summed E-state index contributed by atoms with van der Waals surface area (Å²) in [7, 11) is 1.86. The quantitative estimate of drug-likeness (QED) is 0.885. The fourth-order valence-electron chi connectivity index (χ4n) is 2.73. The van der Waals surface area contributed by atoms with Crippen LogP contribution in [0.2, 0.25) is 0 Å². The van der Waals surface area contributed by atoms with Crippen molar-refractivity contribution in [3.63, 3.8) is 0 Å². The number of alkyl halides is 3. The second-order valence-electron chi connectivity index (χ2n) is 5.73. The van der Waals surface area contributed by atoms with Crippen LogP contribution in [0.1, 0.15) is 38.1 Å². The number of hydrogen-bond donors (Lipinski definition) is 1. The first-order valence-corrected chi connectivity index (χ1v) is 7.13. The van der Waals surface area contributed by atoms with Crippen molar-refractivity contribution < 1.29 is 13.2 Å². The van der Waals surface area contributed by atoms with Crippen LogP contribution in [0.5, 0.6) is 0 Å². The molecule has 0 radical (unpaired) electrons. The molecule has 0 aliphatic rings. The number of benzene rings is 1. The van der Waals surface area contributed by atoms with E-state index in [0.717, 1.165) is 11.8 Å². The van der Waals surface area contributed by atoms with E-state index in [4.69, 9.17) is 0 Å². The highest BCUT2D eigenvalue weighted by molar-refractivity contribution is 5.85. The minimum absolute atomic E-state index is 0.0231. The second kappa shape index (κ2) is 5.72. The molecule has 2 nitrogen and oxygen atoms in total. The molecule has 0 saturated carbocycles. The number of nitrogens with one attached hydrogen (secondary N) is 1. The monoisotopic (exact) mass is 298 g/mol. The molecule has 0 saturated heterocycles. The smallest absolute Gasteiger partial charge is 0.342 e. The molecule has 1 N–H and O–H groups in total. The number of aromatic nitrogens is 1. The Hall–Kier alpha value is -1.49. The molecule has 0 amide bonds. The number of nitrogens with zero attached hydrogens (tertiary/aromatic N) is 1. The highest BCUT2D eigenvalue weighted by Crippen LogP contribution is 2.37. The average Bonchev–Trinajstić information content (AvgIpc) is 2.74. The van der Waals surface area contributed by atoms with E-state index in [1.54, 1.807) is 6.07 Å². The van der Waals surface area contributed by atoms with Gasteiger partial charge in [-0.25, -0.2) is 0 Å². The van der Waals surface area contributed by atoms with Crippen LogP contribution in [0, 0.1) is 0 Å². The third-order valence-corrected chi connectivity index (χ3v) is 3.77. The summed E-state index contributed by atoms with van der Waals surface area (Å²) in [4.78, 5) is 0. The predicted octanol–water partition coefficient (Wildman–Crippen LogP) is 4.39. The first-order valence-electron chi connectivity index (χ1n) is 7.13. The van der Waals surface area contributed by atoms with E-state index in [1.807, 2.05) is 38.5 Å².